The van der Waals surface area contributed by atoms with Crippen LogP contribution in [0.5, 0.6) is 0 Å². The Morgan fingerprint density at radius 2 is 1.94 bits per heavy atom. The first-order valence-corrected chi connectivity index (χ1v) is 6.03. The fourth-order valence-electron chi connectivity index (χ4n) is 1.58. The summed E-state index contributed by atoms with van der Waals surface area (Å²) >= 11 is 5.86. The Hall–Kier alpha value is -1.87. The molecule has 0 fully saturated rings. The third-order valence-electron chi connectivity index (χ3n) is 2.25. The van der Waals surface area contributed by atoms with Crippen LogP contribution in [0.25, 0.3) is 6.08 Å². The first kappa shape index (κ1) is 12.6. The van der Waals surface area contributed by atoms with Gasteiger partial charge >= 0.3 is 0 Å². The molecule has 92 valence electrons. The molecule has 3 nitrogen and oxygen atoms in total. The van der Waals surface area contributed by atoms with Gasteiger partial charge in [-0.25, -0.2) is 9.97 Å². The number of rotatable bonds is 3. The van der Waals surface area contributed by atoms with Crippen LogP contribution in [-0.2, 0) is 0 Å². The SMILES string of the molecule is C/C(Cl)=C/c1cc(C)nc(Nc2ccccc2)n1. The van der Waals surface area contributed by atoms with E-state index in [2.05, 4.69) is 15.3 Å². The smallest absolute Gasteiger partial charge is 0.227 e. The summed E-state index contributed by atoms with van der Waals surface area (Å²) in [7, 11) is 0. The quantitative estimate of drug-likeness (QED) is 0.901. The number of halogens is 1. The molecule has 2 aromatic rings. The maximum absolute atomic E-state index is 5.86. The predicted molar refractivity (Wildman–Crippen MR) is 76.0 cm³/mol. The maximum atomic E-state index is 5.86. The van der Waals surface area contributed by atoms with Crippen molar-refractivity contribution >= 4 is 29.3 Å². The minimum Gasteiger partial charge on any atom is -0.324 e. The Kier molecular flexibility index (Phi) is 3.95. The Bertz CT molecular complexity index is 561. The van der Waals surface area contributed by atoms with Gasteiger partial charge in [0.25, 0.3) is 0 Å². The Morgan fingerprint density at radius 1 is 1.22 bits per heavy atom. The molecule has 1 N–H and O–H groups in total. The molecule has 18 heavy (non-hydrogen) atoms. The van der Waals surface area contributed by atoms with E-state index in [4.69, 9.17) is 11.6 Å². The van der Waals surface area contributed by atoms with Gasteiger partial charge in [-0.2, -0.15) is 0 Å². The summed E-state index contributed by atoms with van der Waals surface area (Å²) in [6.45, 7) is 3.75. The third kappa shape index (κ3) is 3.57. The highest BCUT2D eigenvalue weighted by Gasteiger charge is 2.01. The zero-order valence-electron chi connectivity index (χ0n) is 10.3. The van der Waals surface area contributed by atoms with E-state index < -0.39 is 0 Å². The fraction of sp³-hybridized carbons (Fsp3) is 0.143. The Labute approximate surface area is 112 Å². The number of nitrogens with one attached hydrogen (secondary N) is 1. The summed E-state index contributed by atoms with van der Waals surface area (Å²) in [4.78, 5) is 8.73. The van der Waals surface area contributed by atoms with Crippen molar-refractivity contribution in [2.24, 2.45) is 0 Å². The minimum absolute atomic E-state index is 0.574. The van der Waals surface area contributed by atoms with Crippen molar-refractivity contribution in [3.8, 4) is 0 Å². The number of hydrogen-bond donors (Lipinski definition) is 1. The highest BCUT2D eigenvalue weighted by Crippen LogP contribution is 2.15. The van der Waals surface area contributed by atoms with Crippen molar-refractivity contribution in [3.05, 3.63) is 52.8 Å². The first-order chi connectivity index (χ1) is 8.63. The lowest BCUT2D eigenvalue weighted by atomic mass is 10.3. The van der Waals surface area contributed by atoms with Crippen LogP contribution in [0.1, 0.15) is 18.3 Å². The van der Waals surface area contributed by atoms with E-state index in [1.807, 2.05) is 56.3 Å². The molecule has 0 unspecified atom stereocenters. The van der Waals surface area contributed by atoms with Gasteiger partial charge in [-0.05, 0) is 38.1 Å². The fourth-order valence-corrected chi connectivity index (χ4v) is 1.69. The van der Waals surface area contributed by atoms with E-state index in [1.54, 1.807) is 0 Å². The van der Waals surface area contributed by atoms with Gasteiger partial charge in [0.15, 0.2) is 0 Å². The molecule has 0 bridgehead atoms. The second-order valence-corrected chi connectivity index (χ2v) is 4.58. The zero-order valence-corrected chi connectivity index (χ0v) is 11.1. The van der Waals surface area contributed by atoms with Crippen LogP contribution in [0.3, 0.4) is 0 Å². The number of allylic oxidation sites excluding steroid dienone is 1. The molecule has 1 heterocycles. The molecule has 0 radical (unpaired) electrons. The molecular weight excluding hydrogens is 246 g/mol. The van der Waals surface area contributed by atoms with Crippen LogP contribution < -0.4 is 5.32 Å². The molecule has 1 aromatic carbocycles. The largest absolute Gasteiger partial charge is 0.324 e. The number of aryl methyl sites for hydroxylation is 1. The van der Waals surface area contributed by atoms with Crippen LogP contribution >= 0.6 is 11.6 Å². The van der Waals surface area contributed by atoms with E-state index in [9.17, 15) is 0 Å². The summed E-state index contributed by atoms with van der Waals surface area (Å²) in [5.41, 5.74) is 2.65. The summed E-state index contributed by atoms with van der Waals surface area (Å²) in [6, 6.07) is 11.7. The van der Waals surface area contributed by atoms with Gasteiger partial charge in [0.2, 0.25) is 5.95 Å². The van der Waals surface area contributed by atoms with Crippen LogP contribution in [0, 0.1) is 6.92 Å². The van der Waals surface area contributed by atoms with Gasteiger partial charge in [-0.3, -0.25) is 0 Å². The summed E-state index contributed by atoms with van der Waals surface area (Å²) in [6.07, 6.45) is 1.81. The number of hydrogen-bond acceptors (Lipinski definition) is 3. The van der Waals surface area contributed by atoms with Gasteiger partial charge in [-0.15, -0.1) is 0 Å². The molecule has 0 spiro atoms. The molecule has 0 saturated carbocycles. The molecule has 1 aromatic heterocycles. The van der Waals surface area contributed by atoms with E-state index in [-0.39, 0.29) is 0 Å². The predicted octanol–water partition coefficient (Wildman–Crippen LogP) is 4.13. The number of aromatic nitrogens is 2. The van der Waals surface area contributed by atoms with Crippen molar-refractivity contribution in [3.63, 3.8) is 0 Å². The van der Waals surface area contributed by atoms with Crippen LogP contribution in [0.4, 0.5) is 11.6 Å². The lowest BCUT2D eigenvalue weighted by Gasteiger charge is -2.06. The lowest BCUT2D eigenvalue weighted by molar-refractivity contribution is 1.09. The van der Waals surface area contributed by atoms with Gasteiger partial charge in [0.05, 0.1) is 5.69 Å². The third-order valence-corrected chi connectivity index (χ3v) is 2.36. The lowest BCUT2D eigenvalue weighted by Crippen LogP contribution is -1.99. The standard InChI is InChI=1S/C14H14ClN3/c1-10(15)8-13-9-11(2)16-14(18-13)17-12-6-4-3-5-7-12/h3-9H,1-2H3,(H,16,17,18)/b10-8-. The van der Waals surface area contributed by atoms with Crippen LogP contribution in [-0.4, -0.2) is 9.97 Å². The molecule has 0 aliphatic rings. The highest BCUT2D eigenvalue weighted by molar-refractivity contribution is 6.31. The zero-order chi connectivity index (χ0) is 13.0. The number of nitrogens with zero attached hydrogens (tertiary/aromatic N) is 2. The number of benzene rings is 1. The van der Waals surface area contributed by atoms with Crippen molar-refractivity contribution in [2.45, 2.75) is 13.8 Å². The first-order valence-electron chi connectivity index (χ1n) is 5.65. The maximum Gasteiger partial charge on any atom is 0.227 e. The van der Waals surface area contributed by atoms with Crippen molar-refractivity contribution in [2.75, 3.05) is 5.32 Å². The average molecular weight is 260 g/mol. The van der Waals surface area contributed by atoms with Crippen LogP contribution in [0.2, 0.25) is 0 Å². The topological polar surface area (TPSA) is 37.8 Å². The van der Waals surface area contributed by atoms with Gasteiger partial charge in [0.1, 0.15) is 0 Å². The van der Waals surface area contributed by atoms with Gasteiger partial charge in [0, 0.05) is 16.4 Å². The molecule has 0 aliphatic carbocycles. The van der Waals surface area contributed by atoms with Crippen molar-refractivity contribution < 1.29 is 0 Å². The minimum atomic E-state index is 0.574. The molecule has 4 heteroatoms. The molecule has 0 saturated heterocycles. The highest BCUT2D eigenvalue weighted by atomic mass is 35.5. The average Bonchev–Trinajstić information content (AvgIpc) is 2.28. The van der Waals surface area contributed by atoms with Crippen LogP contribution in [0.15, 0.2) is 41.4 Å². The summed E-state index contributed by atoms with van der Waals surface area (Å²) in [5.74, 6) is 0.574. The molecule has 0 aliphatic heterocycles. The normalized spacial score (nSPS) is 11.4. The second kappa shape index (κ2) is 5.65. The van der Waals surface area contributed by atoms with E-state index in [0.29, 0.717) is 11.0 Å². The van der Waals surface area contributed by atoms with E-state index in [1.165, 1.54) is 0 Å². The van der Waals surface area contributed by atoms with Crippen molar-refractivity contribution in [1.29, 1.82) is 0 Å². The Morgan fingerprint density at radius 3 is 2.61 bits per heavy atom. The van der Waals surface area contributed by atoms with E-state index >= 15 is 0 Å². The Balaban J connectivity index is 2.29. The van der Waals surface area contributed by atoms with Gasteiger partial charge in [-0.1, -0.05) is 29.8 Å². The number of anilines is 2. The monoisotopic (exact) mass is 259 g/mol. The second-order valence-electron chi connectivity index (χ2n) is 3.98. The van der Waals surface area contributed by atoms with Crippen molar-refractivity contribution in [1.82, 2.24) is 9.97 Å². The molecule has 2 rings (SSSR count). The van der Waals surface area contributed by atoms with Gasteiger partial charge < -0.3 is 5.32 Å². The molecule has 0 atom stereocenters. The van der Waals surface area contributed by atoms with E-state index in [0.717, 1.165) is 17.1 Å². The molecular formula is C14H14ClN3. The summed E-state index contributed by atoms with van der Waals surface area (Å²) in [5, 5.41) is 3.86. The summed E-state index contributed by atoms with van der Waals surface area (Å²) < 4.78 is 0. The number of para-hydroxylation sites is 1. The molecule has 0 amide bonds.